The highest BCUT2D eigenvalue weighted by Gasteiger charge is 2.06. The van der Waals surface area contributed by atoms with Crippen LogP contribution in [0.5, 0.6) is 0 Å². The Labute approximate surface area is 71.2 Å². The third-order valence-electron chi connectivity index (χ3n) is 1.67. The Morgan fingerprint density at radius 1 is 1.33 bits per heavy atom. The van der Waals surface area contributed by atoms with E-state index in [0.29, 0.717) is 18.2 Å². The smallest absolute Gasteiger partial charge is 0.148 e. The molecule has 1 heterocycles. The van der Waals surface area contributed by atoms with Gasteiger partial charge in [-0.3, -0.25) is 0 Å². The monoisotopic (exact) mass is 167 g/mol. The topological polar surface area (TPSA) is 89.8 Å². The van der Waals surface area contributed by atoms with Crippen molar-refractivity contribution in [3.8, 4) is 0 Å². The molecule has 0 aromatic carbocycles. The molecule has 0 atom stereocenters. The lowest BCUT2D eigenvalue weighted by atomic mass is 10.2. The highest BCUT2D eigenvalue weighted by Crippen LogP contribution is 2.13. The van der Waals surface area contributed by atoms with Crippen molar-refractivity contribution in [2.24, 2.45) is 11.6 Å². The number of nitrogens with one attached hydrogen (secondary N) is 1. The predicted molar refractivity (Wildman–Crippen MR) is 47.2 cm³/mol. The van der Waals surface area contributed by atoms with E-state index < -0.39 is 0 Å². The summed E-state index contributed by atoms with van der Waals surface area (Å²) >= 11 is 0. The van der Waals surface area contributed by atoms with Gasteiger partial charge < -0.3 is 11.2 Å². The maximum absolute atomic E-state index is 5.50. The normalized spacial score (nSPS) is 10.0. The zero-order chi connectivity index (χ0) is 9.14. The Bertz CT molecular complexity index is 283. The van der Waals surface area contributed by atoms with Crippen LogP contribution in [0.25, 0.3) is 0 Å². The van der Waals surface area contributed by atoms with Crippen LogP contribution in [-0.2, 0) is 6.54 Å². The zero-order valence-electron chi connectivity index (χ0n) is 7.26. The van der Waals surface area contributed by atoms with Crippen LogP contribution in [0.15, 0.2) is 0 Å². The maximum atomic E-state index is 5.50. The van der Waals surface area contributed by atoms with Crippen LogP contribution in [0.4, 0.5) is 5.82 Å². The maximum Gasteiger partial charge on any atom is 0.148 e. The van der Waals surface area contributed by atoms with Gasteiger partial charge in [0.1, 0.15) is 11.6 Å². The first kappa shape index (κ1) is 8.89. The second-order valence-corrected chi connectivity index (χ2v) is 2.53. The molecule has 5 heteroatoms. The molecule has 1 aromatic heterocycles. The Kier molecular flexibility index (Phi) is 2.57. The number of aryl methyl sites for hydroxylation is 2. The summed E-state index contributed by atoms with van der Waals surface area (Å²) in [5, 5.41) is 0. The molecule has 0 bridgehead atoms. The summed E-state index contributed by atoms with van der Waals surface area (Å²) in [6.45, 7) is 4.09. The molecule has 0 aliphatic carbocycles. The molecule has 0 aliphatic rings. The van der Waals surface area contributed by atoms with Gasteiger partial charge in [0.15, 0.2) is 0 Å². The molecule has 0 radical (unpaired) electrons. The summed E-state index contributed by atoms with van der Waals surface area (Å²) in [5.74, 6) is 6.57. The first-order valence-electron chi connectivity index (χ1n) is 3.69. The van der Waals surface area contributed by atoms with Crippen molar-refractivity contribution in [1.29, 1.82) is 0 Å². The Balaban J connectivity index is 3.24. The van der Waals surface area contributed by atoms with E-state index >= 15 is 0 Å². The molecule has 12 heavy (non-hydrogen) atoms. The number of nitrogen functional groups attached to an aromatic ring is 1. The summed E-state index contributed by atoms with van der Waals surface area (Å²) in [4.78, 5) is 8.26. The van der Waals surface area contributed by atoms with Crippen LogP contribution >= 0.6 is 0 Å². The fourth-order valence-corrected chi connectivity index (χ4v) is 1.10. The lowest BCUT2D eigenvalue weighted by Crippen LogP contribution is -2.15. The molecular weight excluding hydrogens is 154 g/mol. The average molecular weight is 167 g/mol. The molecule has 5 nitrogen and oxygen atoms in total. The van der Waals surface area contributed by atoms with Crippen LogP contribution in [0.2, 0.25) is 0 Å². The van der Waals surface area contributed by atoms with Crippen molar-refractivity contribution in [1.82, 2.24) is 9.97 Å². The van der Waals surface area contributed by atoms with E-state index in [1.807, 2.05) is 13.8 Å². The van der Waals surface area contributed by atoms with Gasteiger partial charge in [0.25, 0.3) is 0 Å². The second-order valence-electron chi connectivity index (χ2n) is 2.53. The lowest BCUT2D eigenvalue weighted by molar-refractivity contribution is 0.928. The van der Waals surface area contributed by atoms with Crippen molar-refractivity contribution in [2.45, 2.75) is 20.4 Å². The molecule has 1 aromatic rings. The Hall–Kier alpha value is -1.20. The molecule has 0 aliphatic heterocycles. The minimum atomic E-state index is 0.394. The quantitative estimate of drug-likeness (QED) is 0.420. The molecule has 0 fully saturated rings. The van der Waals surface area contributed by atoms with Gasteiger partial charge in [-0.1, -0.05) is 0 Å². The van der Waals surface area contributed by atoms with Crippen molar-refractivity contribution in [3.05, 3.63) is 17.1 Å². The van der Waals surface area contributed by atoms with Crippen molar-refractivity contribution < 1.29 is 0 Å². The van der Waals surface area contributed by atoms with Crippen LogP contribution in [0, 0.1) is 13.8 Å². The molecule has 0 spiro atoms. The van der Waals surface area contributed by atoms with E-state index in [9.17, 15) is 0 Å². The van der Waals surface area contributed by atoms with Crippen LogP contribution in [-0.4, -0.2) is 9.97 Å². The van der Waals surface area contributed by atoms with E-state index in [0.717, 1.165) is 11.3 Å². The molecule has 0 saturated heterocycles. The highest BCUT2D eigenvalue weighted by atomic mass is 15.3. The molecule has 0 amide bonds. The number of anilines is 1. The number of rotatable bonds is 2. The van der Waals surface area contributed by atoms with Gasteiger partial charge in [-0.25, -0.2) is 15.8 Å². The minimum absolute atomic E-state index is 0.394. The molecule has 1 rings (SSSR count). The van der Waals surface area contributed by atoms with Gasteiger partial charge in [-0.2, -0.15) is 0 Å². The van der Waals surface area contributed by atoms with E-state index in [4.69, 9.17) is 11.6 Å². The number of hydrogen-bond donors (Lipinski definition) is 3. The van der Waals surface area contributed by atoms with E-state index in [1.54, 1.807) is 0 Å². The number of hydrazine groups is 1. The van der Waals surface area contributed by atoms with Gasteiger partial charge in [-0.15, -0.1) is 0 Å². The summed E-state index contributed by atoms with van der Waals surface area (Å²) in [5.41, 5.74) is 9.74. The predicted octanol–water partition coefficient (Wildman–Crippen LogP) is -0.162. The fourth-order valence-electron chi connectivity index (χ4n) is 1.10. The van der Waals surface area contributed by atoms with Crippen LogP contribution in [0.3, 0.4) is 0 Å². The van der Waals surface area contributed by atoms with Gasteiger partial charge in [0.05, 0.1) is 0 Å². The number of hydrogen-bond acceptors (Lipinski definition) is 5. The van der Waals surface area contributed by atoms with Crippen molar-refractivity contribution >= 4 is 5.82 Å². The number of aromatic nitrogens is 2. The average Bonchev–Trinajstić information content (AvgIpc) is 2.03. The number of nitrogens with zero attached hydrogens (tertiary/aromatic N) is 2. The molecule has 0 unspecified atom stereocenters. The van der Waals surface area contributed by atoms with Gasteiger partial charge >= 0.3 is 0 Å². The molecule has 5 N–H and O–H groups in total. The summed E-state index contributed by atoms with van der Waals surface area (Å²) in [6.07, 6.45) is 0. The lowest BCUT2D eigenvalue weighted by Gasteiger charge is -2.08. The first-order chi connectivity index (χ1) is 5.69. The van der Waals surface area contributed by atoms with Crippen molar-refractivity contribution in [2.75, 3.05) is 5.43 Å². The van der Waals surface area contributed by atoms with Gasteiger partial charge in [0, 0.05) is 17.8 Å². The summed E-state index contributed by atoms with van der Waals surface area (Å²) in [6, 6.07) is 0. The SMILES string of the molecule is Cc1nc(C)c(CN)c(NN)n1. The fraction of sp³-hybridized carbons (Fsp3) is 0.429. The van der Waals surface area contributed by atoms with E-state index in [2.05, 4.69) is 15.4 Å². The molecule has 0 saturated carbocycles. The zero-order valence-corrected chi connectivity index (χ0v) is 7.26. The third-order valence-corrected chi connectivity index (χ3v) is 1.67. The Morgan fingerprint density at radius 3 is 2.50 bits per heavy atom. The van der Waals surface area contributed by atoms with E-state index in [-0.39, 0.29) is 0 Å². The third kappa shape index (κ3) is 1.51. The van der Waals surface area contributed by atoms with Crippen LogP contribution in [0.1, 0.15) is 17.1 Å². The largest absolute Gasteiger partial charge is 0.326 e. The second kappa shape index (κ2) is 3.46. The Morgan fingerprint density at radius 2 is 2.00 bits per heavy atom. The standard InChI is InChI=1S/C7H13N5/c1-4-6(3-8)7(12-9)11-5(2)10-4/h3,8-9H2,1-2H3,(H,10,11,12). The molecular formula is C7H13N5. The van der Waals surface area contributed by atoms with E-state index in [1.165, 1.54) is 0 Å². The van der Waals surface area contributed by atoms with Crippen LogP contribution < -0.4 is 17.0 Å². The van der Waals surface area contributed by atoms with Gasteiger partial charge in [-0.05, 0) is 13.8 Å². The summed E-state index contributed by atoms with van der Waals surface area (Å²) < 4.78 is 0. The first-order valence-corrected chi connectivity index (χ1v) is 3.69. The molecule has 66 valence electrons. The van der Waals surface area contributed by atoms with Crippen molar-refractivity contribution in [3.63, 3.8) is 0 Å². The highest BCUT2D eigenvalue weighted by molar-refractivity contribution is 5.45. The van der Waals surface area contributed by atoms with Gasteiger partial charge in [0.2, 0.25) is 0 Å². The number of nitrogens with two attached hydrogens (primary N) is 2. The minimum Gasteiger partial charge on any atom is -0.326 e. The summed E-state index contributed by atoms with van der Waals surface area (Å²) in [7, 11) is 0.